The number of nitrogens with zero attached hydrogens (tertiary/aromatic N) is 2. The Balaban J connectivity index is 2.01. The van der Waals surface area contributed by atoms with Crippen LogP contribution >= 0.6 is 11.8 Å². The van der Waals surface area contributed by atoms with Crippen molar-refractivity contribution >= 4 is 27.7 Å². The van der Waals surface area contributed by atoms with Gasteiger partial charge in [0.15, 0.2) is 0 Å². The molecule has 0 spiro atoms. The zero-order valence-electron chi connectivity index (χ0n) is 14.1. The number of piperazine rings is 1. The van der Waals surface area contributed by atoms with Crippen LogP contribution in [0.25, 0.3) is 0 Å². The summed E-state index contributed by atoms with van der Waals surface area (Å²) in [5, 5.41) is 8.74. The number of thioether (sulfide) groups is 1. The molecule has 6 nitrogen and oxygen atoms in total. The second-order valence-electron chi connectivity index (χ2n) is 5.83. The van der Waals surface area contributed by atoms with Crippen LogP contribution in [0.1, 0.15) is 11.1 Å². The highest BCUT2D eigenvalue weighted by atomic mass is 32.2. The van der Waals surface area contributed by atoms with Crippen molar-refractivity contribution in [1.29, 1.82) is 0 Å². The molecule has 1 heterocycles. The SMILES string of the molecule is Cc1ccc(C)c(S(=O)(=O)N2CCN(C(=O)CSCCO)CC2)c1. The molecule has 1 aromatic carbocycles. The molecule has 1 aromatic rings. The lowest BCUT2D eigenvalue weighted by atomic mass is 10.2. The summed E-state index contributed by atoms with van der Waals surface area (Å²) >= 11 is 1.39. The molecule has 1 amide bonds. The Kier molecular flexibility index (Phi) is 6.68. The van der Waals surface area contributed by atoms with Gasteiger partial charge in [0, 0.05) is 31.9 Å². The van der Waals surface area contributed by atoms with Crippen molar-refractivity contribution in [3.05, 3.63) is 29.3 Å². The van der Waals surface area contributed by atoms with Gasteiger partial charge in [-0.1, -0.05) is 12.1 Å². The highest BCUT2D eigenvalue weighted by Gasteiger charge is 2.30. The lowest BCUT2D eigenvalue weighted by Gasteiger charge is -2.34. The van der Waals surface area contributed by atoms with Crippen LogP contribution in [-0.2, 0) is 14.8 Å². The Hall–Kier alpha value is -1.09. The molecule has 0 aromatic heterocycles. The van der Waals surface area contributed by atoms with Gasteiger partial charge >= 0.3 is 0 Å². The van der Waals surface area contributed by atoms with Crippen molar-refractivity contribution < 1.29 is 18.3 Å². The third-order valence-electron chi connectivity index (χ3n) is 4.01. The van der Waals surface area contributed by atoms with Gasteiger partial charge in [0.2, 0.25) is 15.9 Å². The number of aliphatic hydroxyl groups is 1. The van der Waals surface area contributed by atoms with E-state index in [0.717, 1.165) is 11.1 Å². The summed E-state index contributed by atoms with van der Waals surface area (Å²) in [6.45, 7) is 5.16. The molecule has 8 heteroatoms. The maximum Gasteiger partial charge on any atom is 0.243 e. The zero-order valence-corrected chi connectivity index (χ0v) is 15.7. The molecule has 24 heavy (non-hydrogen) atoms. The van der Waals surface area contributed by atoms with Crippen molar-refractivity contribution in [2.24, 2.45) is 0 Å². The van der Waals surface area contributed by atoms with Crippen LogP contribution in [0.2, 0.25) is 0 Å². The van der Waals surface area contributed by atoms with Gasteiger partial charge in [-0.05, 0) is 31.0 Å². The number of hydrogen-bond donors (Lipinski definition) is 1. The monoisotopic (exact) mass is 372 g/mol. The third kappa shape index (κ3) is 4.50. The maximum absolute atomic E-state index is 12.8. The molecule has 1 N–H and O–H groups in total. The molecule has 0 radical (unpaired) electrons. The Morgan fingerprint density at radius 2 is 1.88 bits per heavy atom. The number of amides is 1. The summed E-state index contributed by atoms with van der Waals surface area (Å²) in [5.41, 5.74) is 1.65. The first-order chi connectivity index (χ1) is 11.4. The summed E-state index contributed by atoms with van der Waals surface area (Å²) < 4.78 is 27.1. The lowest BCUT2D eigenvalue weighted by molar-refractivity contribution is -0.129. The van der Waals surface area contributed by atoms with Gasteiger partial charge in [-0.3, -0.25) is 4.79 Å². The van der Waals surface area contributed by atoms with E-state index in [4.69, 9.17) is 5.11 Å². The maximum atomic E-state index is 12.8. The number of aryl methyl sites for hydroxylation is 2. The van der Waals surface area contributed by atoms with Crippen LogP contribution in [0.15, 0.2) is 23.1 Å². The number of carbonyl (C=O) groups is 1. The summed E-state index contributed by atoms with van der Waals surface area (Å²) in [4.78, 5) is 14.1. The van der Waals surface area contributed by atoms with Crippen LogP contribution in [0, 0.1) is 13.8 Å². The molecule has 1 aliphatic rings. The first-order valence-corrected chi connectivity index (χ1v) is 10.5. The summed E-state index contributed by atoms with van der Waals surface area (Å²) in [5.74, 6) is 0.856. The summed E-state index contributed by atoms with van der Waals surface area (Å²) in [6, 6.07) is 5.42. The number of rotatable bonds is 6. The van der Waals surface area contributed by atoms with Crippen LogP contribution < -0.4 is 0 Å². The molecule has 0 unspecified atom stereocenters. The average molecular weight is 373 g/mol. The van der Waals surface area contributed by atoms with Crippen LogP contribution in [0.5, 0.6) is 0 Å². The molecular weight excluding hydrogens is 348 g/mol. The first-order valence-electron chi connectivity index (χ1n) is 7.90. The van der Waals surface area contributed by atoms with Gasteiger partial charge in [-0.2, -0.15) is 4.31 Å². The minimum atomic E-state index is -3.53. The second-order valence-corrected chi connectivity index (χ2v) is 8.84. The van der Waals surface area contributed by atoms with Crippen LogP contribution in [-0.4, -0.2) is 72.9 Å². The fraction of sp³-hybridized carbons (Fsp3) is 0.562. The van der Waals surface area contributed by atoms with E-state index < -0.39 is 10.0 Å². The predicted octanol–water partition coefficient (Wildman–Crippen LogP) is 0.862. The fourth-order valence-corrected chi connectivity index (χ4v) is 4.98. The molecule has 0 atom stereocenters. The summed E-state index contributed by atoms with van der Waals surface area (Å²) in [7, 11) is -3.53. The number of aliphatic hydroxyl groups excluding tert-OH is 1. The van der Waals surface area contributed by atoms with E-state index in [1.165, 1.54) is 16.1 Å². The van der Waals surface area contributed by atoms with Crippen LogP contribution in [0.3, 0.4) is 0 Å². The van der Waals surface area contributed by atoms with Gasteiger partial charge < -0.3 is 10.0 Å². The van der Waals surface area contributed by atoms with Gasteiger partial charge in [0.1, 0.15) is 0 Å². The number of carbonyl (C=O) groups excluding carboxylic acids is 1. The molecular formula is C16H24N2O4S2. The van der Waals surface area contributed by atoms with Gasteiger partial charge in [-0.25, -0.2) is 8.42 Å². The van der Waals surface area contributed by atoms with E-state index in [9.17, 15) is 13.2 Å². The topological polar surface area (TPSA) is 77.9 Å². The van der Waals surface area contributed by atoms with E-state index in [1.807, 2.05) is 19.1 Å². The molecule has 1 aliphatic heterocycles. The predicted molar refractivity (Wildman–Crippen MR) is 95.7 cm³/mol. The molecule has 1 fully saturated rings. The Morgan fingerprint density at radius 3 is 2.50 bits per heavy atom. The zero-order chi connectivity index (χ0) is 17.7. The average Bonchev–Trinajstić information content (AvgIpc) is 2.57. The van der Waals surface area contributed by atoms with E-state index >= 15 is 0 Å². The Labute approximate surface area is 147 Å². The van der Waals surface area contributed by atoms with E-state index in [1.54, 1.807) is 17.9 Å². The smallest absolute Gasteiger partial charge is 0.243 e. The highest BCUT2D eigenvalue weighted by molar-refractivity contribution is 7.99. The molecule has 0 bridgehead atoms. The highest BCUT2D eigenvalue weighted by Crippen LogP contribution is 2.22. The summed E-state index contributed by atoms with van der Waals surface area (Å²) in [6.07, 6.45) is 0. The van der Waals surface area contributed by atoms with Gasteiger partial charge in [-0.15, -0.1) is 11.8 Å². The molecule has 1 saturated heterocycles. The number of benzene rings is 1. The largest absolute Gasteiger partial charge is 0.396 e. The standard InChI is InChI=1S/C16H24N2O4S2/c1-13-3-4-14(2)15(11-13)24(21,22)18-7-5-17(6-8-18)16(20)12-23-10-9-19/h3-4,11,19H,5-10,12H2,1-2H3. The molecule has 0 aliphatic carbocycles. The normalized spacial score (nSPS) is 16.4. The van der Waals surface area contributed by atoms with Crippen molar-refractivity contribution in [3.63, 3.8) is 0 Å². The van der Waals surface area contributed by atoms with Crippen molar-refractivity contribution in [3.8, 4) is 0 Å². The minimum absolute atomic E-state index is 0.00256. The quantitative estimate of drug-likeness (QED) is 0.750. The molecule has 2 rings (SSSR count). The Bertz CT molecular complexity index is 683. The lowest BCUT2D eigenvalue weighted by Crippen LogP contribution is -2.51. The van der Waals surface area contributed by atoms with Gasteiger partial charge in [0.05, 0.1) is 17.3 Å². The van der Waals surface area contributed by atoms with Crippen molar-refractivity contribution in [1.82, 2.24) is 9.21 Å². The molecule has 134 valence electrons. The van der Waals surface area contributed by atoms with Gasteiger partial charge in [0.25, 0.3) is 0 Å². The van der Waals surface area contributed by atoms with Crippen LogP contribution in [0.4, 0.5) is 0 Å². The van der Waals surface area contributed by atoms with E-state index in [2.05, 4.69) is 0 Å². The van der Waals surface area contributed by atoms with E-state index in [-0.39, 0.29) is 12.5 Å². The first kappa shape index (κ1) is 19.2. The molecule has 0 saturated carbocycles. The second kappa shape index (κ2) is 8.33. The van der Waals surface area contributed by atoms with Crippen molar-refractivity contribution in [2.75, 3.05) is 44.3 Å². The third-order valence-corrected chi connectivity index (χ3v) is 6.98. The number of hydrogen-bond acceptors (Lipinski definition) is 5. The van der Waals surface area contributed by atoms with E-state index in [0.29, 0.717) is 42.6 Å². The fourth-order valence-electron chi connectivity index (χ4n) is 2.62. The Morgan fingerprint density at radius 1 is 1.21 bits per heavy atom. The van der Waals surface area contributed by atoms with Crippen molar-refractivity contribution in [2.45, 2.75) is 18.7 Å². The minimum Gasteiger partial charge on any atom is -0.396 e. The number of sulfonamides is 1.